The molecule has 0 aliphatic rings. The van der Waals surface area contributed by atoms with Gasteiger partial charge in [0.2, 0.25) is 0 Å². The van der Waals surface area contributed by atoms with Gasteiger partial charge in [0.15, 0.2) is 0 Å². The highest BCUT2D eigenvalue weighted by molar-refractivity contribution is 5.29. The highest BCUT2D eigenvalue weighted by Crippen LogP contribution is 2.13. The van der Waals surface area contributed by atoms with Gasteiger partial charge in [-0.2, -0.15) is 0 Å². The number of nitrogens with zero attached hydrogens (tertiary/aromatic N) is 2. The molecule has 3 nitrogen and oxygen atoms in total. The molecule has 0 bridgehead atoms. The molecule has 0 atom stereocenters. The highest BCUT2D eigenvalue weighted by atomic mass is 15.0. The fraction of sp³-hybridized carbons (Fsp3) is 0.400. The largest absolute Gasteiger partial charge is 0.338 e. The molecule has 2 aromatic rings. The minimum absolute atomic E-state index is 0.896. The summed E-state index contributed by atoms with van der Waals surface area (Å²) in [5.41, 5.74) is 2.73. The number of imidazole rings is 1. The molecule has 0 unspecified atom stereocenters. The van der Waals surface area contributed by atoms with E-state index in [2.05, 4.69) is 46.1 Å². The number of hydrogen-bond acceptors (Lipinski definition) is 2. The first kappa shape index (κ1) is 12.8. The Bertz CT molecular complexity index is 488. The molecule has 0 saturated carbocycles. The lowest BCUT2D eigenvalue weighted by Crippen LogP contribution is -2.15. The zero-order valence-corrected chi connectivity index (χ0v) is 11.2. The second kappa shape index (κ2) is 6.36. The van der Waals surface area contributed by atoms with E-state index >= 15 is 0 Å². The van der Waals surface area contributed by atoms with E-state index in [4.69, 9.17) is 0 Å². The zero-order chi connectivity index (χ0) is 12.8. The Morgan fingerprint density at radius 2 is 2.00 bits per heavy atom. The van der Waals surface area contributed by atoms with E-state index in [1.165, 1.54) is 17.5 Å². The molecule has 1 aromatic carbocycles. The van der Waals surface area contributed by atoms with Gasteiger partial charge in [-0.3, -0.25) is 0 Å². The van der Waals surface area contributed by atoms with Crippen LogP contribution in [-0.2, 0) is 20.0 Å². The molecule has 1 aromatic heterocycles. The smallest absolute Gasteiger partial charge is 0.112 e. The van der Waals surface area contributed by atoms with E-state index in [0.717, 1.165) is 25.3 Å². The average Bonchev–Trinajstić information content (AvgIpc) is 2.78. The Morgan fingerprint density at radius 3 is 2.67 bits per heavy atom. The van der Waals surface area contributed by atoms with Gasteiger partial charge < -0.3 is 9.88 Å². The standard InChI is InChI=1S/C15H21N3/c1-3-8-16-12-14-7-5-4-6-13(14)11-15-17-9-10-18(15)2/h4-7,9-10,16H,3,8,11-12H2,1-2H3. The van der Waals surface area contributed by atoms with Gasteiger partial charge in [0, 0.05) is 32.4 Å². The van der Waals surface area contributed by atoms with E-state index in [-0.39, 0.29) is 0 Å². The molecular weight excluding hydrogens is 222 g/mol. The maximum Gasteiger partial charge on any atom is 0.112 e. The molecule has 96 valence electrons. The van der Waals surface area contributed by atoms with Crippen molar-refractivity contribution >= 4 is 0 Å². The highest BCUT2D eigenvalue weighted by Gasteiger charge is 2.05. The summed E-state index contributed by atoms with van der Waals surface area (Å²) >= 11 is 0. The van der Waals surface area contributed by atoms with Crippen LogP contribution in [0, 0.1) is 0 Å². The summed E-state index contributed by atoms with van der Waals surface area (Å²) in [6, 6.07) is 8.59. The van der Waals surface area contributed by atoms with E-state index in [1.807, 2.05) is 19.4 Å². The fourth-order valence-corrected chi connectivity index (χ4v) is 2.04. The minimum atomic E-state index is 0.896. The molecule has 1 N–H and O–H groups in total. The van der Waals surface area contributed by atoms with Gasteiger partial charge in [0.25, 0.3) is 0 Å². The zero-order valence-electron chi connectivity index (χ0n) is 11.2. The molecule has 0 radical (unpaired) electrons. The van der Waals surface area contributed by atoms with Crippen molar-refractivity contribution in [3.63, 3.8) is 0 Å². The lowest BCUT2D eigenvalue weighted by atomic mass is 10.0. The first-order chi connectivity index (χ1) is 8.81. The van der Waals surface area contributed by atoms with E-state index in [9.17, 15) is 0 Å². The third kappa shape index (κ3) is 3.20. The molecule has 0 aliphatic carbocycles. The van der Waals surface area contributed by atoms with Crippen LogP contribution in [0.1, 0.15) is 30.3 Å². The van der Waals surface area contributed by atoms with Crippen molar-refractivity contribution in [3.05, 3.63) is 53.6 Å². The summed E-state index contributed by atoms with van der Waals surface area (Å²) in [5, 5.41) is 3.46. The van der Waals surface area contributed by atoms with Gasteiger partial charge in [0.05, 0.1) is 0 Å². The van der Waals surface area contributed by atoms with E-state index in [1.54, 1.807) is 0 Å². The van der Waals surface area contributed by atoms with Crippen molar-refractivity contribution < 1.29 is 0 Å². The van der Waals surface area contributed by atoms with Crippen LogP contribution in [0.3, 0.4) is 0 Å². The molecular formula is C15H21N3. The third-order valence-electron chi connectivity index (χ3n) is 3.13. The van der Waals surface area contributed by atoms with Crippen molar-refractivity contribution in [2.24, 2.45) is 7.05 Å². The Balaban J connectivity index is 2.10. The van der Waals surface area contributed by atoms with Crippen LogP contribution in [0.4, 0.5) is 0 Å². The van der Waals surface area contributed by atoms with Crippen molar-refractivity contribution in [1.29, 1.82) is 0 Å². The third-order valence-corrected chi connectivity index (χ3v) is 3.13. The van der Waals surface area contributed by atoms with Crippen LogP contribution in [0.5, 0.6) is 0 Å². The quantitative estimate of drug-likeness (QED) is 0.790. The molecule has 0 fully saturated rings. The van der Waals surface area contributed by atoms with Gasteiger partial charge >= 0.3 is 0 Å². The summed E-state index contributed by atoms with van der Waals surface area (Å²) in [6.45, 7) is 4.19. The minimum Gasteiger partial charge on any atom is -0.338 e. The van der Waals surface area contributed by atoms with Crippen molar-refractivity contribution in [3.8, 4) is 0 Å². The monoisotopic (exact) mass is 243 g/mol. The fourth-order valence-electron chi connectivity index (χ4n) is 2.04. The lowest BCUT2D eigenvalue weighted by Gasteiger charge is -2.10. The number of aryl methyl sites for hydroxylation is 1. The van der Waals surface area contributed by atoms with Crippen molar-refractivity contribution in [2.45, 2.75) is 26.3 Å². The normalized spacial score (nSPS) is 10.8. The molecule has 18 heavy (non-hydrogen) atoms. The number of aromatic nitrogens is 2. The number of benzene rings is 1. The Labute approximate surface area is 109 Å². The Hall–Kier alpha value is -1.61. The number of rotatable bonds is 6. The van der Waals surface area contributed by atoms with Crippen LogP contribution in [0.2, 0.25) is 0 Å². The maximum atomic E-state index is 4.39. The molecule has 1 heterocycles. The summed E-state index contributed by atoms with van der Waals surface area (Å²) in [5.74, 6) is 1.11. The van der Waals surface area contributed by atoms with Gasteiger partial charge in [-0.25, -0.2) is 4.98 Å². The first-order valence-electron chi connectivity index (χ1n) is 6.55. The molecule has 0 saturated heterocycles. The molecule has 0 spiro atoms. The number of nitrogens with one attached hydrogen (secondary N) is 1. The average molecular weight is 243 g/mol. The van der Waals surface area contributed by atoms with Crippen molar-refractivity contribution in [2.75, 3.05) is 6.54 Å². The van der Waals surface area contributed by atoms with Gasteiger partial charge in [-0.1, -0.05) is 31.2 Å². The summed E-state index contributed by atoms with van der Waals surface area (Å²) in [7, 11) is 2.04. The van der Waals surface area contributed by atoms with E-state index in [0.29, 0.717) is 0 Å². The Kier molecular flexibility index (Phi) is 4.53. The predicted molar refractivity (Wildman–Crippen MR) is 74.5 cm³/mol. The van der Waals surface area contributed by atoms with Crippen LogP contribution in [0.25, 0.3) is 0 Å². The first-order valence-corrected chi connectivity index (χ1v) is 6.55. The maximum absolute atomic E-state index is 4.39. The molecule has 2 rings (SSSR count). The van der Waals surface area contributed by atoms with Gasteiger partial charge in [0.1, 0.15) is 5.82 Å². The van der Waals surface area contributed by atoms with Crippen LogP contribution in [0.15, 0.2) is 36.7 Å². The second-order valence-corrected chi connectivity index (χ2v) is 4.58. The van der Waals surface area contributed by atoms with Crippen LogP contribution in [-0.4, -0.2) is 16.1 Å². The van der Waals surface area contributed by atoms with Gasteiger partial charge in [-0.15, -0.1) is 0 Å². The second-order valence-electron chi connectivity index (χ2n) is 4.58. The summed E-state index contributed by atoms with van der Waals surface area (Å²) in [6.07, 6.45) is 5.91. The van der Waals surface area contributed by atoms with Crippen LogP contribution < -0.4 is 5.32 Å². The SMILES string of the molecule is CCCNCc1ccccc1Cc1nccn1C. The number of hydrogen-bond donors (Lipinski definition) is 1. The van der Waals surface area contributed by atoms with E-state index < -0.39 is 0 Å². The Morgan fingerprint density at radius 1 is 1.22 bits per heavy atom. The lowest BCUT2D eigenvalue weighted by molar-refractivity contribution is 0.670. The predicted octanol–water partition coefficient (Wildman–Crippen LogP) is 2.51. The topological polar surface area (TPSA) is 29.9 Å². The molecule has 3 heteroatoms. The summed E-state index contributed by atoms with van der Waals surface area (Å²) < 4.78 is 2.08. The molecule has 0 aliphatic heterocycles. The molecule has 0 amide bonds. The van der Waals surface area contributed by atoms with Crippen LogP contribution >= 0.6 is 0 Å². The van der Waals surface area contributed by atoms with Crippen molar-refractivity contribution in [1.82, 2.24) is 14.9 Å². The summed E-state index contributed by atoms with van der Waals surface area (Å²) in [4.78, 5) is 4.39. The van der Waals surface area contributed by atoms with Gasteiger partial charge in [-0.05, 0) is 24.1 Å².